The van der Waals surface area contributed by atoms with Crippen LogP contribution >= 0.6 is 11.6 Å². The monoisotopic (exact) mass is 489 g/mol. The predicted molar refractivity (Wildman–Crippen MR) is 133 cm³/mol. The quantitative estimate of drug-likeness (QED) is 0.389. The zero-order valence-electron chi connectivity index (χ0n) is 19.4. The van der Waals surface area contributed by atoms with E-state index in [2.05, 4.69) is 11.1 Å². The van der Waals surface area contributed by atoms with Crippen molar-refractivity contribution in [2.45, 2.75) is 50.2 Å². The molecule has 2 aliphatic rings. The number of ketones is 1. The van der Waals surface area contributed by atoms with E-state index in [-0.39, 0.29) is 43.4 Å². The van der Waals surface area contributed by atoms with Crippen LogP contribution in [0.15, 0.2) is 54.7 Å². The van der Waals surface area contributed by atoms with Gasteiger partial charge in [-0.05, 0) is 67.1 Å². The summed E-state index contributed by atoms with van der Waals surface area (Å²) in [6.07, 6.45) is 3.18. The van der Waals surface area contributed by atoms with Crippen molar-refractivity contribution in [1.29, 1.82) is 5.26 Å². The third-order valence-corrected chi connectivity index (χ3v) is 7.39. The van der Waals surface area contributed by atoms with Crippen molar-refractivity contribution < 1.29 is 14.0 Å². The predicted octanol–water partition coefficient (Wildman–Crippen LogP) is 6.15. The molecule has 1 aliphatic carbocycles. The van der Waals surface area contributed by atoms with Crippen LogP contribution in [0.3, 0.4) is 0 Å². The molecule has 2 aromatic carbocycles. The Morgan fingerprint density at radius 2 is 1.86 bits per heavy atom. The summed E-state index contributed by atoms with van der Waals surface area (Å²) >= 11 is 6.01. The minimum Gasteiger partial charge on any atom is -0.320 e. The molecule has 2 atom stereocenters. The van der Waals surface area contributed by atoms with Crippen LogP contribution in [0.4, 0.5) is 4.39 Å². The zero-order chi connectivity index (χ0) is 24.8. The first-order chi connectivity index (χ1) is 16.7. The van der Waals surface area contributed by atoms with Crippen LogP contribution in [0.1, 0.15) is 49.4 Å². The van der Waals surface area contributed by atoms with Gasteiger partial charge in [0, 0.05) is 41.4 Å². The first-order valence-corrected chi connectivity index (χ1v) is 12.2. The molecule has 1 aromatic heterocycles. The molecular weight excluding hydrogens is 465 g/mol. The SMILES string of the molecule is CC1(F)CN(C(=O)CCC(=O)c2ccnc3ccc(-c4ccc(Cl)cc4)cc23)[C@@](C#N)(C2CC2)C1. The molecule has 1 saturated carbocycles. The summed E-state index contributed by atoms with van der Waals surface area (Å²) in [4.78, 5) is 32.1. The van der Waals surface area contributed by atoms with Crippen molar-refractivity contribution in [3.8, 4) is 17.2 Å². The molecule has 1 saturated heterocycles. The highest BCUT2D eigenvalue weighted by Crippen LogP contribution is 2.52. The fourth-order valence-electron chi connectivity index (χ4n) is 5.31. The van der Waals surface area contributed by atoms with Crippen LogP contribution in [0.5, 0.6) is 0 Å². The van der Waals surface area contributed by atoms with Gasteiger partial charge in [-0.15, -0.1) is 0 Å². The lowest BCUT2D eigenvalue weighted by Crippen LogP contribution is -2.48. The van der Waals surface area contributed by atoms with Gasteiger partial charge in [0.15, 0.2) is 5.78 Å². The lowest BCUT2D eigenvalue weighted by atomic mass is 9.88. The Morgan fingerprint density at radius 3 is 2.54 bits per heavy atom. The third kappa shape index (κ3) is 4.41. The molecule has 1 amide bonds. The maximum Gasteiger partial charge on any atom is 0.224 e. The fraction of sp³-hybridized carbons (Fsp3) is 0.357. The van der Waals surface area contributed by atoms with Gasteiger partial charge in [-0.3, -0.25) is 14.6 Å². The Labute approximate surface area is 208 Å². The molecule has 3 aromatic rings. The average Bonchev–Trinajstić information content (AvgIpc) is 3.66. The molecule has 0 N–H and O–H groups in total. The molecule has 1 aliphatic heterocycles. The van der Waals surface area contributed by atoms with Gasteiger partial charge in [0.05, 0.1) is 18.1 Å². The Kier molecular flexibility index (Phi) is 5.85. The maximum absolute atomic E-state index is 14.9. The van der Waals surface area contributed by atoms with E-state index in [1.807, 2.05) is 42.5 Å². The number of aromatic nitrogens is 1. The first kappa shape index (κ1) is 23.4. The average molecular weight is 490 g/mol. The minimum absolute atomic E-state index is 0.0140. The Hall–Kier alpha value is -3.30. The number of amides is 1. The van der Waals surface area contributed by atoms with Crippen LogP contribution in [0.2, 0.25) is 5.02 Å². The fourth-order valence-corrected chi connectivity index (χ4v) is 5.44. The molecule has 5 rings (SSSR count). The third-order valence-electron chi connectivity index (χ3n) is 7.14. The molecule has 178 valence electrons. The molecule has 0 bridgehead atoms. The highest BCUT2D eigenvalue weighted by Gasteiger charge is 2.60. The first-order valence-electron chi connectivity index (χ1n) is 11.8. The van der Waals surface area contributed by atoms with Crippen molar-refractivity contribution in [2.24, 2.45) is 5.92 Å². The van der Waals surface area contributed by atoms with E-state index in [0.29, 0.717) is 21.5 Å². The summed E-state index contributed by atoms with van der Waals surface area (Å²) in [6.45, 7) is 1.34. The number of hydrogen-bond donors (Lipinski definition) is 0. The number of carbonyl (C=O) groups excluding carboxylic acids is 2. The van der Waals surface area contributed by atoms with Gasteiger partial charge in [0.2, 0.25) is 5.91 Å². The van der Waals surface area contributed by atoms with Crippen molar-refractivity contribution in [1.82, 2.24) is 9.88 Å². The number of Topliss-reactive ketones (excluding diaryl/α,β-unsaturated/α-hetero) is 1. The molecule has 0 spiro atoms. The van der Waals surface area contributed by atoms with Crippen molar-refractivity contribution >= 4 is 34.2 Å². The molecule has 0 radical (unpaired) electrons. The lowest BCUT2D eigenvalue weighted by Gasteiger charge is -2.32. The molecular formula is C28H25ClFN3O2. The second-order valence-corrected chi connectivity index (χ2v) is 10.3. The van der Waals surface area contributed by atoms with E-state index < -0.39 is 11.2 Å². The summed E-state index contributed by atoms with van der Waals surface area (Å²) in [6, 6.07) is 17.1. The summed E-state index contributed by atoms with van der Waals surface area (Å²) in [5.41, 5.74) is 0.367. The molecule has 7 heteroatoms. The Morgan fingerprint density at radius 1 is 1.14 bits per heavy atom. The summed E-state index contributed by atoms with van der Waals surface area (Å²) < 4.78 is 14.9. The van der Waals surface area contributed by atoms with Gasteiger partial charge in [-0.2, -0.15) is 5.26 Å². The Bertz CT molecular complexity index is 1360. The van der Waals surface area contributed by atoms with E-state index in [1.54, 1.807) is 12.3 Å². The van der Waals surface area contributed by atoms with Gasteiger partial charge in [-0.1, -0.05) is 29.8 Å². The van der Waals surface area contributed by atoms with E-state index in [4.69, 9.17) is 11.6 Å². The van der Waals surface area contributed by atoms with Gasteiger partial charge in [-0.25, -0.2) is 4.39 Å². The highest BCUT2D eigenvalue weighted by molar-refractivity contribution is 6.30. The van der Waals surface area contributed by atoms with Crippen LogP contribution in [-0.4, -0.2) is 39.3 Å². The molecule has 1 unspecified atom stereocenters. The number of nitriles is 1. The molecule has 35 heavy (non-hydrogen) atoms. The summed E-state index contributed by atoms with van der Waals surface area (Å²) in [7, 11) is 0. The number of carbonyl (C=O) groups is 2. The van der Waals surface area contributed by atoms with Crippen LogP contribution in [-0.2, 0) is 4.79 Å². The topological polar surface area (TPSA) is 74.1 Å². The summed E-state index contributed by atoms with van der Waals surface area (Å²) in [5.74, 6) is -0.510. The number of pyridine rings is 1. The van der Waals surface area contributed by atoms with Crippen LogP contribution < -0.4 is 0 Å². The summed E-state index contributed by atoms with van der Waals surface area (Å²) in [5, 5.41) is 11.2. The van der Waals surface area contributed by atoms with E-state index in [1.165, 1.54) is 11.8 Å². The number of alkyl halides is 1. The lowest BCUT2D eigenvalue weighted by molar-refractivity contribution is -0.134. The van der Waals surface area contributed by atoms with Crippen LogP contribution in [0, 0.1) is 17.2 Å². The largest absolute Gasteiger partial charge is 0.320 e. The van der Waals surface area contributed by atoms with E-state index >= 15 is 0 Å². The normalized spacial score (nSPS) is 23.9. The molecule has 2 heterocycles. The number of hydrogen-bond acceptors (Lipinski definition) is 4. The number of likely N-dealkylation sites (tertiary alicyclic amines) is 1. The van der Waals surface area contributed by atoms with E-state index in [0.717, 1.165) is 24.0 Å². The van der Waals surface area contributed by atoms with Gasteiger partial charge in [0.1, 0.15) is 11.2 Å². The maximum atomic E-state index is 14.9. The highest BCUT2D eigenvalue weighted by atomic mass is 35.5. The number of rotatable bonds is 6. The van der Waals surface area contributed by atoms with Crippen molar-refractivity contribution in [3.63, 3.8) is 0 Å². The van der Waals surface area contributed by atoms with Gasteiger partial charge >= 0.3 is 0 Å². The number of halogens is 2. The van der Waals surface area contributed by atoms with Crippen LogP contribution in [0.25, 0.3) is 22.0 Å². The van der Waals surface area contributed by atoms with Crippen molar-refractivity contribution in [3.05, 3.63) is 65.3 Å². The smallest absolute Gasteiger partial charge is 0.224 e. The van der Waals surface area contributed by atoms with Crippen molar-refractivity contribution in [2.75, 3.05) is 6.54 Å². The second-order valence-electron chi connectivity index (χ2n) is 9.90. The molecule has 5 nitrogen and oxygen atoms in total. The number of benzene rings is 2. The zero-order valence-corrected chi connectivity index (χ0v) is 20.2. The van der Waals surface area contributed by atoms with E-state index in [9.17, 15) is 19.2 Å². The second kappa shape index (κ2) is 8.73. The standard InChI is InChI=1S/C28H25ClFN3O2/c1-27(30)15-28(16-31,20-5-6-20)33(17-27)26(35)11-10-25(34)22-12-13-32-24-9-4-19(14-23(22)24)18-2-7-21(29)8-3-18/h2-4,7-9,12-14,20H,5-6,10-11,15,17H2,1H3/t27?,28-/m0/s1. The Balaban J connectivity index is 1.37. The van der Waals surface area contributed by atoms with Gasteiger partial charge in [0.25, 0.3) is 0 Å². The number of fused-ring (bicyclic) bond motifs is 1. The van der Waals surface area contributed by atoms with Gasteiger partial charge < -0.3 is 4.90 Å². The number of nitrogens with zero attached hydrogens (tertiary/aromatic N) is 3. The molecule has 2 fully saturated rings. The minimum atomic E-state index is -1.60.